The van der Waals surface area contributed by atoms with Crippen molar-refractivity contribution in [1.82, 2.24) is 0 Å². The number of ketones is 1. The van der Waals surface area contributed by atoms with Gasteiger partial charge in [-0.3, -0.25) is 4.79 Å². The van der Waals surface area contributed by atoms with Gasteiger partial charge in [0.25, 0.3) is 0 Å². The molecule has 0 aromatic heterocycles. The molecule has 50 heavy (non-hydrogen) atoms. The second-order valence-corrected chi connectivity index (χ2v) is 12.5. The van der Waals surface area contributed by atoms with Crippen LogP contribution in [0.25, 0.3) is 0 Å². The summed E-state index contributed by atoms with van der Waals surface area (Å²) in [6, 6.07) is 11.1. The second-order valence-electron chi connectivity index (χ2n) is 12.5. The second kappa shape index (κ2) is 16.3. The topological polar surface area (TPSA) is 312 Å². The van der Waals surface area contributed by atoms with Crippen LogP contribution in [0.5, 0.6) is 11.5 Å². The largest absolute Gasteiger partial charge is 0.457 e. The van der Waals surface area contributed by atoms with Crippen LogP contribution in [0.15, 0.2) is 54.6 Å². The highest BCUT2D eigenvalue weighted by atomic mass is 16.7. The normalized spacial score (nSPS) is 40.7. The quantitative estimate of drug-likeness (QED) is 0.0985. The fraction of sp³-hybridized carbons (Fsp3) is 0.594. The molecule has 3 aliphatic heterocycles. The SMILES string of the molecule is N[C@H]1[C@@H](OC2[C@@H](CO)O[C@@H](OC3[C@@H](CO)O[C@@H](O)[C@H](N)[C@H]3O)[C@H](N)[C@H]2O)O[C@@](CO)(C(=O)Cc2cccc(Oc3ccccc3)c2)[C@@H](O)[C@@H]1O. The van der Waals surface area contributed by atoms with Crippen molar-refractivity contribution in [2.75, 3.05) is 19.8 Å². The number of hydrogen-bond acceptors (Lipinski definition) is 18. The number of hydrogen-bond donors (Lipinski definition) is 11. The van der Waals surface area contributed by atoms with E-state index in [9.17, 15) is 45.6 Å². The van der Waals surface area contributed by atoms with Gasteiger partial charge in [-0.05, 0) is 29.8 Å². The summed E-state index contributed by atoms with van der Waals surface area (Å²) in [4.78, 5) is 13.8. The van der Waals surface area contributed by atoms with Gasteiger partial charge in [0.15, 0.2) is 30.3 Å². The monoisotopic (exact) mass is 711 g/mol. The molecule has 15 atom stereocenters. The Kier molecular flexibility index (Phi) is 12.6. The van der Waals surface area contributed by atoms with Crippen LogP contribution in [0, 0.1) is 0 Å². The van der Waals surface area contributed by atoms with Crippen LogP contribution < -0.4 is 21.9 Å². The summed E-state index contributed by atoms with van der Waals surface area (Å²) in [7, 11) is 0. The lowest BCUT2D eigenvalue weighted by atomic mass is 9.81. The van der Waals surface area contributed by atoms with Crippen molar-refractivity contribution < 1.29 is 74.1 Å². The zero-order chi connectivity index (χ0) is 36.3. The van der Waals surface area contributed by atoms with Gasteiger partial charge in [0.2, 0.25) is 0 Å². The molecular weight excluding hydrogens is 666 g/mol. The van der Waals surface area contributed by atoms with Crippen molar-refractivity contribution in [1.29, 1.82) is 0 Å². The van der Waals surface area contributed by atoms with Gasteiger partial charge in [-0.2, -0.15) is 0 Å². The fourth-order valence-electron chi connectivity index (χ4n) is 6.21. The maximum Gasteiger partial charge on any atom is 0.181 e. The Labute approximate surface area is 286 Å². The minimum Gasteiger partial charge on any atom is -0.457 e. The van der Waals surface area contributed by atoms with Crippen molar-refractivity contribution in [2.45, 2.75) is 97.8 Å². The van der Waals surface area contributed by atoms with E-state index in [1.807, 2.05) is 6.07 Å². The molecule has 5 rings (SSSR count). The van der Waals surface area contributed by atoms with Crippen molar-refractivity contribution in [3.8, 4) is 11.5 Å². The van der Waals surface area contributed by atoms with Crippen LogP contribution in [0.2, 0.25) is 0 Å². The average Bonchev–Trinajstić information content (AvgIpc) is 3.11. The van der Waals surface area contributed by atoms with Gasteiger partial charge >= 0.3 is 0 Å². The molecule has 3 fully saturated rings. The molecule has 278 valence electrons. The Morgan fingerprint density at radius 3 is 1.94 bits per heavy atom. The third-order valence-corrected chi connectivity index (χ3v) is 9.19. The lowest BCUT2D eigenvalue weighted by Gasteiger charge is -2.50. The first-order chi connectivity index (χ1) is 23.8. The summed E-state index contributed by atoms with van der Waals surface area (Å²) < 4.78 is 34.2. The maximum absolute atomic E-state index is 13.8. The molecule has 0 spiro atoms. The predicted octanol–water partition coefficient (Wildman–Crippen LogP) is -4.70. The summed E-state index contributed by atoms with van der Waals surface area (Å²) in [5.41, 5.74) is 16.1. The molecule has 3 heterocycles. The number of ether oxygens (including phenoxy) is 6. The van der Waals surface area contributed by atoms with Crippen molar-refractivity contribution in [3.63, 3.8) is 0 Å². The molecular formula is C32H45N3O15. The van der Waals surface area contributed by atoms with Crippen LogP contribution in [0.3, 0.4) is 0 Å². The third kappa shape index (κ3) is 7.71. The lowest BCUT2D eigenvalue weighted by molar-refractivity contribution is -0.355. The van der Waals surface area contributed by atoms with Crippen molar-refractivity contribution >= 4 is 5.78 Å². The average molecular weight is 712 g/mol. The molecule has 0 aliphatic carbocycles. The number of Topliss-reactive ketones (excluding diaryl/α,β-unsaturated/α-hetero) is 1. The van der Waals surface area contributed by atoms with Crippen LogP contribution in [-0.4, -0.2) is 158 Å². The Balaban J connectivity index is 1.31. The molecule has 18 heteroatoms. The van der Waals surface area contributed by atoms with Gasteiger partial charge in [0, 0.05) is 6.42 Å². The molecule has 0 saturated carbocycles. The van der Waals surface area contributed by atoms with Crippen LogP contribution >= 0.6 is 0 Å². The molecule has 14 N–H and O–H groups in total. The van der Waals surface area contributed by atoms with E-state index in [0.29, 0.717) is 17.1 Å². The summed E-state index contributed by atoms with van der Waals surface area (Å²) >= 11 is 0. The predicted molar refractivity (Wildman–Crippen MR) is 168 cm³/mol. The zero-order valence-electron chi connectivity index (χ0n) is 26.8. The van der Waals surface area contributed by atoms with E-state index in [4.69, 9.17) is 45.6 Å². The van der Waals surface area contributed by atoms with E-state index >= 15 is 0 Å². The molecule has 0 radical (unpaired) electrons. The number of aliphatic hydroxyl groups is 8. The zero-order valence-corrected chi connectivity index (χ0v) is 26.8. The van der Waals surface area contributed by atoms with Gasteiger partial charge in [0.1, 0.15) is 60.3 Å². The van der Waals surface area contributed by atoms with E-state index < -0.39 is 117 Å². The highest BCUT2D eigenvalue weighted by Crippen LogP contribution is 2.35. The first kappa shape index (κ1) is 38.5. The third-order valence-electron chi connectivity index (χ3n) is 9.19. The van der Waals surface area contributed by atoms with Gasteiger partial charge in [-0.1, -0.05) is 30.3 Å². The van der Waals surface area contributed by atoms with Crippen molar-refractivity contribution in [3.05, 3.63) is 60.2 Å². The fourth-order valence-corrected chi connectivity index (χ4v) is 6.21. The van der Waals surface area contributed by atoms with Gasteiger partial charge in [0.05, 0.1) is 37.9 Å². The van der Waals surface area contributed by atoms with Crippen molar-refractivity contribution in [2.24, 2.45) is 17.2 Å². The summed E-state index contributed by atoms with van der Waals surface area (Å²) in [6.07, 6.45) is -18.1. The smallest absolute Gasteiger partial charge is 0.181 e. The molecule has 3 aliphatic rings. The molecule has 3 saturated heterocycles. The number of nitrogens with two attached hydrogens (primary N) is 3. The molecule has 2 unspecified atom stereocenters. The Bertz CT molecular complexity index is 1410. The van der Waals surface area contributed by atoms with E-state index in [1.54, 1.807) is 48.5 Å². The van der Waals surface area contributed by atoms with Gasteiger partial charge < -0.3 is 86.5 Å². The molecule has 2 aromatic carbocycles. The first-order valence-electron chi connectivity index (χ1n) is 16.0. The Morgan fingerprint density at radius 2 is 1.30 bits per heavy atom. The molecule has 18 nitrogen and oxygen atoms in total. The van der Waals surface area contributed by atoms with E-state index in [-0.39, 0.29) is 6.42 Å². The van der Waals surface area contributed by atoms with E-state index in [2.05, 4.69) is 0 Å². The highest BCUT2D eigenvalue weighted by molar-refractivity contribution is 5.90. The number of benzene rings is 2. The summed E-state index contributed by atoms with van der Waals surface area (Å²) in [6.45, 7) is -2.61. The van der Waals surface area contributed by atoms with E-state index in [0.717, 1.165) is 0 Å². The van der Waals surface area contributed by atoms with Crippen LogP contribution in [0.1, 0.15) is 5.56 Å². The Hall–Kier alpha value is -2.73. The lowest BCUT2D eigenvalue weighted by Crippen LogP contribution is -2.73. The number of rotatable bonds is 12. The number of aliphatic hydroxyl groups excluding tert-OH is 8. The molecule has 0 amide bonds. The van der Waals surface area contributed by atoms with E-state index in [1.165, 1.54) is 0 Å². The maximum atomic E-state index is 13.8. The van der Waals surface area contributed by atoms with Gasteiger partial charge in [-0.25, -0.2) is 0 Å². The Morgan fingerprint density at radius 1 is 0.720 bits per heavy atom. The van der Waals surface area contributed by atoms with Crippen LogP contribution in [0.4, 0.5) is 0 Å². The van der Waals surface area contributed by atoms with Crippen LogP contribution in [-0.2, 0) is 34.9 Å². The highest BCUT2D eigenvalue weighted by Gasteiger charge is 2.59. The standard InChI is InChI=1S/C32H45N3O15/c33-20-23(40)26(17(11-36)46-29(20)44)48-30-21(34)24(41)27(18(12-37)47-30)49-31-22(35)25(42)28(43)32(13-38,50-31)19(39)10-14-5-4-8-16(9-14)45-15-6-2-1-3-7-15/h1-9,17-18,20-31,36-38,40-44H,10-13,33-35H2/t17-,18-,20-,21-,22-,23-,24-,25-,26?,27?,28+,29-,30+,31+,32+/m1/s1. The number of carbonyl (C=O) groups is 1. The number of para-hydroxylation sites is 1. The minimum atomic E-state index is -2.45. The molecule has 0 bridgehead atoms. The molecule has 2 aromatic rings. The minimum absolute atomic E-state index is 0.386. The summed E-state index contributed by atoms with van der Waals surface area (Å²) in [5.74, 6) is 0.117. The first-order valence-corrected chi connectivity index (χ1v) is 16.0. The summed E-state index contributed by atoms with van der Waals surface area (Å²) in [5, 5.41) is 84.0. The number of carbonyl (C=O) groups excluding carboxylic acids is 1. The van der Waals surface area contributed by atoms with Gasteiger partial charge in [-0.15, -0.1) is 0 Å².